The highest BCUT2D eigenvalue weighted by atomic mass is 16.5. The second-order valence-corrected chi connectivity index (χ2v) is 27.4. The molecule has 4 rings (SSSR count). The molecule has 13 atom stereocenters. The Hall–Kier alpha value is -12.7. The lowest BCUT2D eigenvalue weighted by Crippen LogP contribution is -2.62. The number of ketones is 1. The first-order chi connectivity index (χ1) is 54.9. The molecule has 1 aliphatic rings. The Balaban J connectivity index is 1.89. The number of carbonyl (C=O) groups is 20. The molecule has 116 heavy (non-hydrogen) atoms. The minimum absolute atomic E-state index is 0.0185. The van der Waals surface area contributed by atoms with Gasteiger partial charge < -0.3 is 122 Å². The van der Waals surface area contributed by atoms with Crippen molar-refractivity contribution in [3.05, 3.63) is 65.9 Å². The maximum absolute atomic E-state index is 14.9. The fourth-order valence-corrected chi connectivity index (χ4v) is 12.0. The van der Waals surface area contributed by atoms with E-state index in [9.17, 15) is 121 Å². The minimum atomic E-state index is -2.45. The first-order valence-electron chi connectivity index (χ1n) is 37.4. The first-order valence-corrected chi connectivity index (χ1v) is 37.4. The molecule has 1 aromatic heterocycles. The third-order valence-corrected chi connectivity index (χ3v) is 18.2. The van der Waals surface area contributed by atoms with Crippen LogP contribution in [0.3, 0.4) is 0 Å². The van der Waals surface area contributed by atoms with Crippen LogP contribution in [0.2, 0.25) is 0 Å². The van der Waals surface area contributed by atoms with E-state index in [4.69, 9.17) is 21.9 Å². The summed E-state index contributed by atoms with van der Waals surface area (Å²) in [5.74, 6) is -29.6. The molecule has 25 N–H and O–H groups in total. The Kier molecular flexibility index (Phi) is 39.9. The molecule has 0 radical (unpaired) electrons. The number of aromatic nitrogens is 1. The van der Waals surface area contributed by atoms with Crippen LogP contribution in [0.1, 0.15) is 153 Å². The molecular formula is C73H103N17O26. The lowest BCUT2D eigenvalue weighted by Gasteiger charge is -2.30. The number of nitrogen functional groups attached to an aromatic ring is 1. The number of Topliss-reactive ketones (excluding diaryl/α,β-unsaturated/α-hetero) is 1. The Morgan fingerprint density at radius 3 is 1.68 bits per heavy atom. The average Bonchev–Trinajstić information content (AvgIpc) is 1.71. The van der Waals surface area contributed by atoms with Crippen LogP contribution in [-0.4, -0.2) is 248 Å². The van der Waals surface area contributed by atoms with E-state index >= 15 is 0 Å². The third-order valence-electron chi connectivity index (χ3n) is 18.2. The number of cyclic esters (lactones) is 1. The molecule has 636 valence electrons. The zero-order valence-corrected chi connectivity index (χ0v) is 64.3. The van der Waals surface area contributed by atoms with E-state index in [1.54, 1.807) is 30.5 Å². The lowest BCUT2D eigenvalue weighted by atomic mass is 9.91. The van der Waals surface area contributed by atoms with E-state index in [2.05, 4.69) is 65.1 Å². The van der Waals surface area contributed by atoms with Gasteiger partial charge in [0.1, 0.15) is 72.6 Å². The van der Waals surface area contributed by atoms with Gasteiger partial charge in [-0.15, -0.1) is 0 Å². The van der Waals surface area contributed by atoms with E-state index < -0.39 is 261 Å². The molecule has 43 heteroatoms. The van der Waals surface area contributed by atoms with E-state index in [1.807, 2.05) is 16.0 Å². The summed E-state index contributed by atoms with van der Waals surface area (Å²) in [5, 5.41) is 79.0. The zero-order chi connectivity index (χ0) is 86.5. The number of aliphatic hydroxyl groups is 1. The van der Waals surface area contributed by atoms with Gasteiger partial charge in [-0.25, -0.2) is 4.79 Å². The highest BCUT2D eigenvalue weighted by molar-refractivity contribution is 6.05. The molecule has 1 saturated heterocycles. The number of carbonyl (C=O) groups excluding carboxylic acids is 16. The predicted molar refractivity (Wildman–Crippen MR) is 405 cm³/mol. The number of hydrogen-bond acceptors (Lipinski definition) is 24. The maximum Gasteiger partial charge on any atom is 0.329 e. The first kappa shape index (κ1) is 95.7. The number of unbranched alkanes of at least 4 members (excludes halogenated alkanes) is 6. The number of aliphatic carboxylic acids is 4. The van der Waals surface area contributed by atoms with Gasteiger partial charge in [0.25, 0.3) is 0 Å². The largest absolute Gasteiger partial charge is 0.481 e. The van der Waals surface area contributed by atoms with Gasteiger partial charge in [-0.05, 0) is 69.3 Å². The lowest BCUT2D eigenvalue weighted by molar-refractivity contribution is -0.156. The summed E-state index contributed by atoms with van der Waals surface area (Å²) >= 11 is 0. The fourth-order valence-electron chi connectivity index (χ4n) is 12.0. The minimum Gasteiger partial charge on any atom is -0.481 e. The van der Waals surface area contributed by atoms with Crippen molar-refractivity contribution < 1.29 is 126 Å². The van der Waals surface area contributed by atoms with Crippen molar-refractivity contribution in [2.45, 2.75) is 216 Å². The number of esters is 1. The standard InChI is InChI=1S/C73H103N17O26/c1-5-7-8-9-10-11-12-23-54(94)82-45(25-39-32-77-43-21-16-14-18-40(39)43)67(109)85-46(28-53(76)93)68(110)87-49(31-60(103)104)69(111)89-61-37(4)116-73(115)50(27-52(92)41-19-13-15-20-42(41)75)88-72(114)62(38(6-2)26-57(97)98)90-70(112)51(35-91)83-56(96)33-78-64(106)47(29-58(99)100)84-63(105)36(3)80-66(108)48(30-59(101)102)86-65(107)44(22-17-24-74)81-55(95)34-79-71(61)113/h13-16,18-21,32,36-38,44-51,61-62,77,91H,5-12,17,22-31,33-35,74-75H2,1-4H3,(H2,76,93)(H,78,106)(H,79,113)(H,80,108)(H,81,95)(H,82,94)(H,83,96)(H,84,105)(H,85,109)(H,86,107)(H,87,110)(H,88,114)(H,89,111)(H,90,112)(H,97,98)(H,99,100)(H,101,102)(H,103,104)/t36-,37-,38-,44+,45+,46+,47+,48+,49+,50+,51-,61+,62+/m1/s1. The average molecular weight is 1630 g/mol. The number of nitrogens with one attached hydrogen (secondary N) is 14. The summed E-state index contributed by atoms with van der Waals surface area (Å²) in [5.41, 5.74) is 18.1. The van der Waals surface area contributed by atoms with Crippen molar-refractivity contribution in [3.63, 3.8) is 0 Å². The molecule has 1 fully saturated rings. The number of aromatic amines is 1. The van der Waals surface area contributed by atoms with Gasteiger partial charge in [0.2, 0.25) is 82.7 Å². The van der Waals surface area contributed by atoms with Crippen LogP contribution in [0.25, 0.3) is 10.9 Å². The van der Waals surface area contributed by atoms with Gasteiger partial charge in [0, 0.05) is 47.6 Å². The molecule has 2 heterocycles. The van der Waals surface area contributed by atoms with Crippen molar-refractivity contribution >= 4 is 135 Å². The summed E-state index contributed by atoms with van der Waals surface area (Å²) < 4.78 is 5.71. The third kappa shape index (κ3) is 32.4. The van der Waals surface area contributed by atoms with Crippen LogP contribution >= 0.6 is 0 Å². The zero-order valence-electron chi connectivity index (χ0n) is 64.3. The summed E-state index contributed by atoms with van der Waals surface area (Å²) in [7, 11) is 0. The monoisotopic (exact) mass is 1630 g/mol. The van der Waals surface area contributed by atoms with Gasteiger partial charge in [0.15, 0.2) is 5.78 Å². The van der Waals surface area contributed by atoms with Crippen molar-refractivity contribution in [2.24, 2.45) is 17.4 Å². The number of ether oxygens (including phenoxy) is 1. The Morgan fingerprint density at radius 2 is 1.09 bits per heavy atom. The van der Waals surface area contributed by atoms with Crippen molar-refractivity contribution in [1.82, 2.24) is 74.1 Å². The second kappa shape index (κ2) is 48.4. The van der Waals surface area contributed by atoms with Gasteiger partial charge in [-0.2, -0.15) is 0 Å². The fraction of sp³-hybridized carbons (Fsp3) is 0.534. The summed E-state index contributed by atoms with van der Waals surface area (Å²) in [6.45, 7) is 1.38. The van der Waals surface area contributed by atoms with Crippen molar-refractivity contribution in [1.29, 1.82) is 0 Å². The van der Waals surface area contributed by atoms with Crippen LogP contribution in [0, 0.1) is 5.92 Å². The van der Waals surface area contributed by atoms with Crippen molar-refractivity contribution in [2.75, 3.05) is 32.0 Å². The summed E-state index contributed by atoms with van der Waals surface area (Å²) in [6, 6.07) is -10.5. The van der Waals surface area contributed by atoms with E-state index in [-0.39, 0.29) is 43.5 Å². The molecule has 2 aromatic carbocycles. The smallest absolute Gasteiger partial charge is 0.329 e. The van der Waals surface area contributed by atoms with Crippen LogP contribution < -0.4 is 86.3 Å². The Morgan fingerprint density at radius 1 is 0.543 bits per heavy atom. The molecule has 14 amide bonds. The van der Waals surface area contributed by atoms with E-state index in [0.29, 0.717) is 29.3 Å². The normalized spacial score (nSPS) is 21.1. The van der Waals surface area contributed by atoms with E-state index in [1.165, 1.54) is 31.2 Å². The molecule has 0 spiro atoms. The van der Waals surface area contributed by atoms with Crippen LogP contribution in [0.4, 0.5) is 5.69 Å². The quantitative estimate of drug-likeness (QED) is 0.0112. The SMILES string of the molecule is CCCCCCCCCC(=O)N[C@@H](Cc1c[nH]c2ccccc12)C(=O)N[C@@H](CC(N)=O)C(=O)N[C@@H](CC(=O)O)C(=O)N[C@@H]1C(=O)NCC(=O)N[C@@H](CCCN)C(=O)N[C@@H](CC(=O)O)C(=O)N[C@H](C)C(=O)N[C@@H](CC(=O)O)C(=O)NCC(=O)N[C@H](CO)C(=O)N[C@@H]([C@H](CC)CC(=O)O)C(=O)N[C@@H](CC(=O)c2ccccc2N)C(=O)O[C@@H]1C. The number of H-pyrrole nitrogens is 1. The molecule has 0 bridgehead atoms. The van der Waals surface area contributed by atoms with Crippen LogP contribution in [0.15, 0.2) is 54.7 Å². The summed E-state index contributed by atoms with van der Waals surface area (Å²) in [6.07, 6.45) is -2.60. The van der Waals surface area contributed by atoms with Gasteiger partial charge in [-0.1, -0.05) is 89.1 Å². The number of benzene rings is 2. The highest BCUT2D eigenvalue weighted by Crippen LogP contribution is 2.22. The maximum atomic E-state index is 14.9. The molecule has 0 unspecified atom stereocenters. The molecular weight excluding hydrogens is 1530 g/mol. The number of carboxylic acids is 4. The molecule has 1 aliphatic heterocycles. The topological polar surface area (TPSA) is 702 Å². The van der Waals surface area contributed by atoms with Gasteiger partial charge >= 0.3 is 29.8 Å². The Labute approximate surface area is 663 Å². The number of para-hydroxylation sites is 2. The predicted octanol–water partition coefficient (Wildman–Crippen LogP) is -5.23. The summed E-state index contributed by atoms with van der Waals surface area (Å²) in [4.78, 5) is 277. The van der Waals surface area contributed by atoms with Gasteiger partial charge in [-0.3, -0.25) is 91.1 Å². The molecule has 0 aliphatic carbocycles. The number of amides is 14. The van der Waals surface area contributed by atoms with Crippen LogP contribution in [-0.2, 0) is 102 Å². The highest BCUT2D eigenvalue weighted by Gasteiger charge is 2.41. The number of carboxylic acid groups (broad SMARTS) is 4. The van der Waals surface area contributed by atoms with E-state index in [0.717, 1.165) is 46.0 Å². The van der Waals surface area contributed by atoms with Gasteiger partial charge in [0.05, 0.1) is 51.8 Å². The number of nitrogens with two attached hydrogens (primary N) is 3. The number of aliphatic hydroxyl groups excluding tert-OH is 1. The second-order valence-electron chi connectivity index (χ2n) is 27.4. The molecule has 43 nitrogen and oxygen atoms in total. The number of fused-ring (bicyclic) bond motifs is 1. The van der Waals surface area contributed by atoms with Crippen LogP contribution in [0.5, 0.6) is 0 Å². The number of rotatable bonds is 36. The van der Waals surface area contributed by atoms with Crippen molar-refractivity contribution in [3.8, 4) is 0 Å². The number of anilines is 1. The molecule has 0 saturated carbocycles. The number of hydrogen-bond donors (Lipinski definition) is 22. The number of primary amides is 1. The molecule has 3 aromatic rings. The Bertz CT molecular complexity index is 4060.